The van der Waals surface area contributed by atoms with Crippen molar-refractivity contribution in [1.82, 2.24) is 0 Å². The Morgan fingerprint density at radius 2 is 1.11 bits per heavy atom. The smallest absolute Gasteiger partial charge is 0.146 e. The Labute approximate surface area is 111 Å². The molecular weight excluding hydrogens is 246 g/mol. The second kappa shape index (κ2) is 6.73. The summed E-state index contributed by atoms with van der Waals surface area (Å²) in [6.45, 7) is 1.25. The SMILES string of the molecule is Fc1ccccc1NCCCNc1ccccc1F. The largest absolute Gasteiger partial charge is 0.383 e. The van der Waals surface area contributed by atoms with Crippen LogP contribution in [0.5, 0.6) is 0 Å². The number of nitrogens with one attached hydrogen (secondary N) is 2. The fraction of sp³-hybridized carbons (Fsp3) is 0.200. The first-order chi connectivity index (χ1) is 9.27. The molecule has 0 aliphatic carbocycles. The molecule has 2 aromatic carbocycles. The molecule has 0 aromatic heterocycles. The summed E-state index contributed by atoms with van der Waals surface area (Å²) in [5, 5.41) is 6.01. The molecule has 0 unspecified atom stereocenters. The highest BCUT2D eigenvalue weighted by Crippen LogP contribution is 2.13. The van der Waals surface area contributed by atoms with E-state index < -0.39 is 0 Å². The van der Waals surface area contributed by atoms with Crippen LogP contribution in [-0.4, -0.2) is 13.1 Å². The highest BCUT2D eigenvalue weighted by atomic mass is 19.1. The number of para-hydroxylation sites is 2. The summed E-state index contributed by atoms with van der Waals surface area (Å²) in [5.41, 5.74) is 0.988. The lowest BCUT2D eigenvalue weighted by molar-refractivity contribution is 0.628. The maximum Gasteiger partial charge on any atom is 0.146 e. The van der Waals surface area contributed by atoms with Gasteiger partial charge >= 0.3 is 0 Å². The highest BCUT2D eigenvalue weighted by Gasteiger charge is 2.00. The molecular formula is C15H16F2N2. The van der Waals surface area contributed by atoms with Gasteiger partial charge in [0.2, 0.25) is 0 Å². The molecule has 2 rings (SSSR count). The lowest BCUT2D eigenvalue weighted by Crippen LogP contribution is -2.10. The molecule has 0 amide bonds. The van der Waals surface area contributed by atoms with Crippen LogP contribution in [0, 0.1) is 11.6 Å². The molecule has 2 aromatic rings. The van der Waals surface area contributed by atoms with Crippen molar-refractivity contribution >= 4 is 11.4 Å². The van der Waals surface area contributed by atoms with Crippen LogP contribution in [0.2, 0.25) is 0 Å². The second-order valence-electron chi connectivity index (χ2n) is 4.17. The van der Waals surface area contributed by atoms with Gasteiger partial charge in [0.25, 0.3) is 0 Å². The van der Waals surface area contributed by atoms with E-state index in [4.69, 9.17) is 0 Å². The molecule has 0 atom stereocenters. The van der Waals surface area contributed by atoms with E-state index in [1.54, 1.807) is 36.4 Å². The van der Waals surface area contributed by atoms with Crippen LogP contribution in [-0.2, 0) is 0 Å². The molecule has 100 valence electrons. The van der Waals surface area contributed by atoms with Crippen LogP contribution in [0.4, 0.5) is 20.2 Å². The number of rotatable bonds is 6. The van der Waals surface area contributed by atoms with E-state index in [0.29, 0.717) is 24.5 Å². The van der Waals surface area contributed by atoms with Gasteiger partial charge in [0.15, 0.2) is 0 Å². The summed E-state index contributed by atoms with van der Waals surface area (Å²) in [5.74, 6) is -0.519. The standard InChI is InChI=1S/C15H16F2N2/c16-12-6-1-3-8-14(12)18-10-5-11-19-15-9-4-2-7-13(15)17/h1-4,6-9,18-19H,5,10-11H2. The molecule has 2 nitrogen and oxygen atoms in total. The van der Waals surface area contributed by atoms with Crippen LogP contribution in [0.15, 0.2) is 48.5 Å². The molecule has 0 spiro atoms. The average Bonchev–Trinajstić information content (AvgIpc) is 2.42. The van der Waals surface area contributed by atoms with Crippen LogP contribution in [0.25, 0.3) is 0 Å². The molecule has 0 saturated carbocycles. The predicted octanol–water partition coefficient (Wildman–Crippen LogP) is 3.88. The topological polar surface area (TPSA) is 24.1 Å². The number of benzene rings is 2. The highest BCUT2D eigenvalue weighted by molar-refractivity contribution is 5.45. The Morgan fingerprint density at radius 1 is 0.684 bits per heavy atom. The normalized spacial score (nSPS) is 10.2. The third-order valence-corrected chi connectivity index (χ3v) is 2.73. The Hall–Kier alpha value is -2.10. The van der Waals surface area contributed by atoms with Gasteiger partial charge in [0.1, 0.15) is 11.6 Å². The lowest BCUT2D eigenvalue weighted by Gasteiger charge is -2.09. The average molecular weight is 262 g/mol. The minimum absolute atomic E-state index is 0.260. The quantitative estimate of drug-likeness (QED) is 0.772. The van der Waals surface area contributed by atoms with E-state index >= 15 is 0 Å². The number of halogens is 2. The molecule has 0 bridgehead atoms. The fourth-order valence-corrected chi connectivity index (χ4v) is 1.74. The van der Waals surface area contributed by atoms with Crippen molar-refractivity contribution < 1.29 is 8.78 Å². The predicted molar refractivity (Wildman–Crippen MR) is 74.4 cm³/mol. The number of hydrogen-bond donors (Lipinski definition) is 2. The van der Waals surface area contributed by atoms with Crippen LogP contribution >= 0.6 is 0 Å². The molecule has 2 N–H and O–H groups in total. The van der Waals surface area contributed by atoms with Crippen molar-refractivity contribution in [2.45, 2.75) is 6.42 Å². The van der Waals surface area contributed by atoms with Gasteiger partial charge in [-0.05, 0) is 30.7 Å². The van der Waals surface area contributed by atoms with Crippen molar-refractivity contribution in [3.8, 4) is 0 Å². The fourth-order valence-electron chi connectivity index (χ4n) is 1.74. The van der Waals surface area contributed by atoms with Gasteiger partial charge < -0.3 is 10.6 Å². The molecule has 0 aliphatic rings. The molecule has 19 heavy (non-hydrogen) atoms. The third-order valence-electron chi connectivity index (χ3n) is 2.73. The molecule has 0 fully saturated rings. The number of hydrogen-bond acceptors (Lipinski definition) is 2. The Balaban J connectivity index is 1.71. The van der Waals surface area contributed by atoms with E-state index in [0.717, 1.165) is 6.42 Å². The van der Waals surface area contributed by atoms with Gasteiger partial charge in [-0.15, -0.1) is 0 Å². The first kappa shape index (κ1) is 13.3. The Kier molecular flexibility index (Phi) is 4.72. The summed E-state index contributed by atoms with van der Waals surface area (Å²) in [6.07, 6.45) is 0.767. The van der Waals surface area contributed by atoms with E-state index in [-0.39, 0.29) is 11.6 Å². The Bertz CT molecular complexity index is 482. The first-order valence-corrected chi connectivity index (χ1v) is 6.24. The van der Waals surface area contributed by atoms with Crippen LogP contribution in [0.1, 0.15) is 6.42 Å². The summed E-state index contributed by atoms with van der Waals surface area (Å²) in [7, 11) is 0. The van der Waals surface area contributed by atoms with Crippen molar-refractivity contribution in [1.29, 1.82) is 0 Å². The second-order valence-corrected chi connectivity index (χ2v) is 4.17. The minimum atomic E-state index is -0.260. The maximum absolute atomic E-state index is 13.3. The third kappa shape index (κ3) is 3.95. The molecule has 0 radical (unpaired) electrons. The van der Waals surface area contributed by atoms with Gasteiger partial charge in [-0.25, -0.2) is 8.78 Å². The lowest BCUT2D eigenvalue weighted by atomic mass is 10.3. The monoisotopic (exact) mass is 262 g/mol. The van der Waals surface area contributed by atoms with Crippen LogP contribution < -0.4 is 10.6 Å². The van der Waals surface area contributed by atoms with Gasteiger partial charge in [-0.3, -0.25) is 0 Å². The number of anilines is 2. The van der Waals surface area contributed by atoms with E-state index in [1.807, 2.05) is 0 Å². The summed E-state index contributed by atoms with van der Waals surface area (Å²) >= 11 is 0. The molecule has 4 heteroatoms. The van der Waals surface area contributed by atoms with Crippen molar-refractivity contribution in [3.63, 3.8) is 0 Å². The van der Waals surface area contributed by atoms with Gasteiger partial charge in [0, 0.05) is 13.1 Å². The van der Waals surface area contributed by atoms with Crippen molar-refractivity contribution in [2.75, 3.05) is 23.7 Å². The summed E-state index contributed by atoms with van der Waals surface area (Å²) < 4.78 is 26.6. The van der Waals surface area contributed by atoms with Gasteiger partial charge in [0.05, 0.1) is 11.4 Å². The zero-order valence-electron chi connectivity index (χ0n) is 10.5. The zero-order valence-corrected chi connectivity index (χ0v) is 10.5. The zero-order chi connectivity index (χ0) is 13.5. The first-order valence-electron chi connectivity index (χ1n) is 6.24. The Morgan fingerprint density at radius 3 is 1.53 bits per heavy atom. The van der Waals surface area contributed by atoms with E-state index in [9.17, 15) is 8.78 Å². The summed E-state index contributed by atoms with van der Waals surface area (Å²) in [6, 6.07) is 13.1. The maximum atomic E-state index is 13.3. The minimum Gasteiger partial charge on any atom is -0.383 e. The summed E-state index contributed by atoms with van der Waals surface area (Å²) in [4.78, 5) is 0. The van der Waals surface area contributed by atoms with E-state index in [1.165, 1.54) is 12.1 Å². The van der Waals surface area contributed by atoms with Gasteiger partial charge in [-0.2, -0.15) is 0 Å². The van der Waals surface area contributed by atoms with E-state index in [2.05, 4.69) is 10.6 Å². The molecule has 0 heterocycles. The van der Waals surface area contributed by atoms with Crippen molar-refractivity contribution in [3.05, 3.63) is 60.2 Å². The van der Waals surface area contributed by atoms with Gasteiger partial charge in [-0.1, -0.05) is 24.3 Å². The van der Waals surface area contributed by atoms with Crippen molar-refractivity contribution in [2.24, 2.45) is 0 Å². The van der Waals surface area contributed by atoms with Crippen LogP contribution in [0.3, 0.4) is 0 Å². The molecule has 0 saturated heterocycles. The molecule has 0 aliphatic heterocycles.